The Bertz CT molecular complexity index is 1480. The maximum atomic E-state index is 15.5. The Labute approximate surface area is 218 Å². The minimum absolute atomic E-state index is 0.0794. The van der Waals surface area contributed by atoms with Crippen molar-refractivity contribution in [1.29, 1.82) is 0 Å². The zero-order chi connectivity index (χ0) is 27.4. The van der Waals surface area contributed by atoms with Crippen molar-refractivity contribution in [3.63, 3.8) is 0 Å². The molecule has 204 valence electrons. The number of H-pyrrole nitrogens is 1. The average Bonchev–Trinajstić information content (AvgIpc) is 3.05. The van der Waals surface area contributed by atoms with E-state index >= 15 is 4.39 Å². The molecule has 0 aliphatic carbocycles. The highest BCUT2D eigenvalue weighted by Crippen LogP contribution is 2.50. The molecule has 1 aromatic carbocycles. The van der Waals surface area contributed by atoms with Crippen molar-refractivity contribution in [2.45, 2.75) is 38.0 Å². The molecule has 2 amide bonds. The number of ether oxygens (including phenoxy) is 1. The first-order valence-corrected chi connectivity index (χ1v) is 13.9. The summed E-state index contributed by atoms with van der Waals surface area (Å²) in [5, 5.41) is 0. The molecule has 3 aliphatic rings. The van der Waals surface area contributed by atoms with E-state index in [0.29, 0.717) is 55.4 Å². The summed E-state index contributed by atoms with van der Waals surface area (Å²) in [6.07, 6.45) is 2.16. The molecule has 1 saturated heterocycles. The van der Waals surface area contributed by atoms with Crippen molar-refractivity contribution in [2.75, 3.05) is 54.4 Å². The summed E-state index contributed by atoms with van der Waals surface area (Å²) in [5.74, 6) is -1.58. The van der Waals surface area contributed by atoms with Crippen LogP contribution in [0.15, 0.2) is 16.9 Å². The first kappa shape index (κ1) is 25.9. The Morgan fingerprint density at radius 2 is 1.92 bits per heavy atom. The highest BCUT2D eigenvalue weighted by molar-refractivity contribution is 7.89. The number of benzene rings is 1. The van der Waals surface area contributed by atoms with E-state index in [9.17, 15) is 22.8 Å². The number of piperidine rings is 1. The number of carbonyl (C=O) groups excluding carboxylic acids is 2. The third kappa shape index (κ3) is 4.36. The summed E-state index contributed by atoms with van der Waals surface area (Å²) >= 11 is 0. The van der Waals surface area contributed by atoms with Crippen molar-refractivity contribution in [2.24, 2.45) is 0 Å². The Morgan fingerprint density at radius 3 is 2.61 bits per heavy atom. The molecule has 14 heteroatoms. The summed E-state index contributed by atoms with van der Waals surface area (Å²) in [4.78, 5) is 50.0. The second kappa shape index (κ2) is 9.26. The van der Waals surface area contributed by atoms with Gasteiger partial charge in [0.15, 0.2) is 0 Å². The third-order valence-electron chi connectivity index (χ3n) is 7.46. The van der Waals surface area contributed by atoms with Gasteiger partial charge in [-0.3, -0.25) is 24.1 Å². The van der Waals surface area contributed by atoms with Crippen molar-refractivity contribution in [1.82, 2.24) is 14.7 Å². The van der Waals surface area contributed by atoms with Crippen LogP contribution in [-0.2, 0) is 31.4 Å². The molecule has 12 nitrogen and oxygen atoms in total. The van der Waals surface area contributed by atoms with E-state index < -0.39 is 33.1 Å². The molecule has 38 heavy (non-hydrogen) atoms. The molecule has 0 atom stereocenters. The zero-order valence-electron chi connectivity index (χ0n) is 21.3. The van der Waals surface area contributed by atoms with Gasteiger partial charge >= 0.3 is 0 Å². The lowest BCUT2D eigenvalue weighted by molar-refractivity contribution is -0.123. The van der Waals surface area contributed by atoms with E-state index in [4.69, 9.17) is 9.72 Å². The standard InChI is InChI=1S/C24H29FN6O6S/c1-14(32)28-38(35,36)13-37-15-11-17(25)19-18(12-15)30(3)22(34)24(19)6-9-31(10-7-24)23-26-20-16(21(33)27-23)5-4-8-29(20)2/h11-12H,4-10,13H2,1-3H3,(H,28,32)(H,26,27,33). The van der Waals surface area contributed by atoms with Crippen LogP contribution < -0.4 is 29.7 Å². The number of aromatic nitrogens is 2. The van der Waals surface area contributed by atoms with Crippen LogP contribution >= 0.6 is 0 Å². The monoisotopic (exact) mass is 548 g/mol. The highest BCUT2D eigenvalue weighted by Gasteiger charge is 2.53. The maximum absolute atomic E-state index is 15.5. The predicted molar refractivity (Wildman–Crippen MR) is 138 cm³/mol. The quantitative estimate of drug-likeness (QED) is 0.549. The van der Waals surface area contributed by atoms with Crippen LogP contribution in [0.1, 0.15) is 37.3 Å². The van der Waals surface area contributed by atoms with Gasteiger partial charge in [0.1, 0.15) is 17.4 Å². The Balaban J connectivity index is 1.39. The number of carbonyl (C=O) groups is 2. The van der Waals surface area contributed by atoms with E-state index in [0.717, 1.165) is 26.0 Å². The molecule has 2 N–H and O–H groups in total. The van der Waals surface area contributed by atoms with Crippen LogP contribution in [0.4, 0.5) is 21.8 Å². The molecule has 2 aromatic rings. The summed E-state index contributed by atoms with van der Waals surface area (Å²) in [6, 6.07) is 2.49. The van der Waals surface area contributed by atoms with Crippen LogP contribution in [-0.4, -0.2) is 69.9 Å². The van der Waals surface area contributed by atoms with E-state index in [-0.39, 0.29) is 22.8 Å². The van der Waals surface area contributed by atoms with Gasteiger partial charge in [0.2, 0.25) is 23.7 Å². The predicted octanol–water partition coefficient (Wildman–Crippen LogP) is 0.608. The number of rotatable bonds is 5. The smallest absolute Gasteiger partial charge is 0.270 e. The molecule has 1 fully saturated rings. The van der Waals surface area contributed by atoms with Gasteiger partial charge in [0, 0.05) is 58.3 Å². The number of hydrogen-bond donors (Lipinski definition) is 2. The molecule has 0 bridgehead atoms. The average molecular weight is 549 g/mol. The van der Waals surface area contributed by atoms with Gasteiger partial charge in [-0.25, -0.2) is 12.8 Å². The zero-order valence-corrected chi connectivity index (χ0v) is 22.2. The first-order valence-electron chi connectivity index (χ1n) is 12.3. The number of aromatic amines is 1. The number of anilines is 3. The number of fused-ring (bicyclic) bond motifs is 3. The fourth-order valence-corrected chi connectivity index (χ4v) is 6.44. The van der Waals surface area contributed by atoms with Crippen LogP contribution in [0.3, 0.4) is 0 Å². The maximum Gasteiger partial charge on any atom is 0.270 e. The number of halogens is 1. The Hall–Kier alpha value is -3.68. The first-order chi connectivity index (χ1) is 17.9. The second-order valence-corrected chi connectivity index (χ2v) is 11.7. The second-order valence-electron chi connectivity index (χ2n) is 9.98. The van der Waals surface area contributed by atoms with Gasteiger partial charge in [0.25, 0.3) is 15.6 Å². The largest absolute Gasteiger partial charge is 0.476 e. The number of sulfonamides is 1. The number of likely N-dealkylation sites (N-methyl/N-ethyl adjacent to an activating group) is 1. The molecular weight excluding hydrogens is 519 g/mol. The van der Waals surface area contributed by atoms with Crippen molar-refractivity contribution >= 4 is 39.3 Å². The SMILES string of the molecule is CC(=O)NS(=O)(=O)COc1cc(F)c2c(c1)N(C)C(=O)C21CCN(c2nc3c(c(=O)[nH]2)CCCN3C)CC1. The van der Waals surface area contributed by atoms with Crippen molar-refractivity contribution in [3.05, 3.63) is 39.4 Å². The van der Waals surface area contributed by atoms with Gasteiger partial charge in [0.05, 0.1) is 16.7 Å². The molecule has 4 heterocycles. The Kier molecular flexibility index (Phi) is 6.32. The van der Waals surface area contributed by atoms with Gasteiger partial charge in [-0.15, -0.1) is 0 Å². The van der Waals surface area contributed by atoms with E-state index in [1.807, 2.05) is 16.8 Å². The minimum atomic E-state index is -4.07. The van der Waals surface area contributed by atoms with Crippen LogP contribution in [0.2, 0.25) is 0 Å². The van der Waals surface area contributed by atoms with Gasteiger partial charge in [-0.05, 0) is 25.7 Å². The van der Waals surface area contributed by atoms with E-state index in [1.54, 1.807) is 4.72 Å². The molecule has 0 radical (unpaired) electrons. The fourth-order valence-electron chi connectivity index (χ4n) is 5.65. The highest BCUT2D eigenvalue weighted by atomic mass is 32.2. The lowest BCUT2D eigenvalue weighted by atomic mass is 9.73. The topological polar surface area (TPSA) is 145 Å². The fraction of sp³-hybridized carbons (Fsp3) is 0.500. The third-order valence-corrected chi connectivity index (χ3v) is 8.48. The number of nitrogens with one attached hydrogen (secondary N) is 2. The van der Waals surface area contributed by atoms with Crippen molar-refractivity contribution in [3.8, 4) is 5.75 Å². The molecule has 0 saturated carbocycles. The van der Waals surface area contributed by atoms with E-state index in [1.165, 1.54) is 18.0 Å². The summed E-state index contributed by atoms with van der Waals surface area (Å²) in [7, 11) is -0.625. The van der Waals surface area contributed by atoms with E-state index in [2.05, 4.69) is 4.98 Å². The molecule has 0 unspecified atom stereocenters. The molecular formula is C24H29FN6O6S. The van der Waals surface area contributed by atoms with Crippen LogP contribution in [0, 0.1) is 5.82 Å². The van der Waals surface area contributed by atoms with Gasteiger partial charge in [-0.2, -0.15) is 4.98 Å². The lowest BCUT2D eigenvalue weighted by Crippen LogP contribution is -2.49. The summed E-state index contributed by atoms with van der Waals surface area (Å²) in [6.45, 7) is 2.61. The minimum Gasteiger partial charge on any atom is -0.476 e. The molecule has 1 aromatic heterocycles. The van der Waals surface area contributed by atoms with Crippen LogP contribution in [0.5, 0.6) is 5.75 Å². The summed E-state index contributed by atoms with van der Waals surface area (Å²) in [5.41, 5.74) is -0.0531. The number of amides is 2. The normalized spacial score (nSPS) is 18.4. The van der Waals surface area contributed by atoms with Crippen LogP contribution in [0.25, 0.3) is 0 Å². The molecule has 3 aliphatic heterocycles. The Morgan fingerprint density at radius 1 is 1.21 bits per heavy atom. The summed E-state index contributed by atoms with van der Waals surface area (Å²) < 4.78 is 46.3. The molecule has 1 spiro atoms. The van der Waals surface area contributed by atoms with Gasteiger partial charge < -0.3 is 19.4 Å². The number of hydrogen-bond acceptors (Lipinski definition) is 9. The van der Waals surface area contributed by atoms with Crippen molar-refractivity contribution < 1.29 is 27.1 Å². The lowest BCUT2D eigenvalue weighted by Gasteiger charge is -2.39. The number of nitrogens with zero attached hydrogens (tertiary/aromatic N) is 4. The molecule has 5 rings (SSSR count). The van der Waals surface area contributed by atoms with Gasteiger partial charge in [-0.1, -0.05) is 0 Å².